The van der Waals surface area contributed by atoms with Crippen molar-refractivity contribution in [3.8, 4) is 0 Å². The Morgan fingerprint density at radius 3 is 2.26 bits per heavy atom. The highest BCUT2D eigenvalue weighted by atomic mass is 35.5. The molecule has 0 saturated carbocycles. The van der Waals surface area contributed by atoms with E-state index >= 15 is 0 Å². The first-order valence-electron chi connectivity index (χ1n) is 5.57. The van der Waals surface area contributed by atoms with Crippen LogP contribution in [0.1, 0.15) is 0 Å². The fourth-order valence-electron chi connectivity index (χ4n) is 1.57. The van der Waals surface area contributed by atoms with Crippen LogP contribution in [-0.4, -0.2) is 15.5 Å². The van der Waals surface area contributed by atoms with Crippen LogP contribution in [0.3, 0.4) is 0 Å². The Balaban J connectivity index is 2.27. The van der Waals surface area contributed by atoms with Crippen molar-refractivity contribution in [2.24, 2.45) is 0 Å². The second-order valence-electron chi connectivity index (χ2n) is 3.89. The van der Waals surface area contributed by atoms with E-state index in [1.54, 1.807) is 55.6 Å². The molecule has 0 radical (unpaired) electrons. The van der Waals surface area contributed by atoms with Gasteiger partial charge >= 0.3 is 0 Å². The van der Waals surface area contributed by atoms with E-state index in [1.807, 2.05) is 0 Å². The number of hydrogen-bond donors (Lipinski definition) is 2. The van der Waals surface area contributed by atoms with Crippen LogP contribution in [0.2, 0.25) is 5.02 Å². The van der Waals surface area contributed by atoms with Gasteiger partial charge in [0, 0.05) is 17.8 Å². The molecular formula is C13H13ClN2O2S. The minimum atomic E-state index is -3.59. The summed E-state index contributed by atoms with van der Waals surface area (Å²) in [6.07, 6.45) is 0. The first-order chi connectivity index (χ1) is 9.01. The van der Waals surface area contributed by atoms with Crippen LogP contribution in [0, 0.1) is 0 Å². The molecule has 2 aromatic rings. The molecule has 0 amide bonds. The van der Waals surface area contributed by atoms with Gasteiger partial charge in [0.05, 0.1) is 10.6 Å². The van der Waals surface area contributed by atoms with Crippen LogP contribution in [0.15, 0.2) is 53.4 Å². The van der Waals surface area contributed by atoms with Crippen molar-refractivity contribution in [1.29, 1.82) is 0 Å². The Kier molecular flexibility index (Phi) is 3.97. The SMILES string of the molecule is CNc1ccc(S(=O)(=O)Nc2cccc(Cl)c2)cc1. The van der Waals surface area contributed by atoms with Crippen molar-refractivity contribution in [2.75, 3.05) is 17.1 Å². The zero-order chi connectivity index (χ0) is 13.9. The van der Waals surface area contributed by atoms with Crippen molar-refractivity contribution >= 4 is 33.0 Å². The summed E-state index contributed by atoms with van der Waals surface area (Å²) >= 11 is 5.82. The van der Waals surface area contributed by atoms with Crippen LogP contribution in [0.5, 0.6) is 0 Å². The Morgan fingerprint density at radius 1 is 1.00 bits per heavy atom. The highest BCUT2D eigenvalue weighted by molar-refractivity contribution is 7.92. The zero-order valence-corrected chi connectivity index (χ0v) is 11.8. The van der Waals surface area contributed by atoms with E-state index < -0.39 is 10.0 Å². The maximum absolute atomic E-state index is 12.1. The van der Waals surface area contributed by atoms with Crippen molar-refractivity contribution in [3.05, 3.63) is 53.6 Å². The highest BCUT2D eigenvalue weighted by Crippen LogP contribution is 2.20. The normalized spacial score (nSPS) is 11.1. The molecule has 0 aliphatic carbocycles. The van der Waals surface area contributed by atoms with Crippen LogP contribution in [0.25, 0.3) is 0 Å². The second kappa shape index (κ2) is 5.50. The lowest BCUT2D eigenvalue weighted by Crippen LogP contribution is -2.12. The molecular weight excluding hydrogens is 284 g/mol. The Morgan fingerprint density at radius 2 is 1.68 bits per heavy atom. The summed E-state index contributed by atoms with van der Waals surface area (Å²) in [6, 6.07) is 13.0. The summed E-state index contributed by atoms with van der Waals surface area (Å²) in [7, 11) is -1.82. The molecule has 0 fully saturated rings. The molecule has 0 atom stereocenters. The minimum Gasteiger partial charge on any atom is -0.388 e. The zero-order valence-electron chi connectivity index (χ0n) is 10.2. The quantitative estimate of drug-likeness (QED) is 0.911. The first-order valence-corrected chi connectivity index (χ1v) is 7.43. The molecule has 2 aromatic carbocycles. The summed E-state index contributed by atoms with van der Waals surface area (Å²) in [5.41, 5.74) is 1.28. The van der Waals surface area contributed by atoms with E-state index in [0.29, 0.717) is 10.7 Å². The maximum atomic E-state index is 12.1. The Bertz CT molecular complexity index is 669. The van der Waals surface area contributed by atoms with Gasteiger partial charge in [0.2, 0.25) is 0 Å². The standard InChI is InChI=1S/C13H13ClN2O2S/c1-15-11-5-7-13(8-6-11)19(17,18)16-12-4-2-3-10(14)9-12/h2-9,15-16H,1H3. The van der Waals surface area contributed by atoms with E-state index in [0.717, 1.165) is 5.69 Å². The van der Waals surface area contributed by atoms with Gasteiger partial charge in [-0.2, -0.15) is 0 Å². The van der Waals surface area contributed by atoms with Gasteiger partial charge < -0.3 is 5.32 Å². The lowest BCUT2D eigenvalue weighted by molar-refractivity contribution is 0.601. The topological polar surface area (TPSA) is 58.2 Å². The number of sulfonamides is 1. The van der Waals surface area contributed by atoms with Gasteiger partial charge in [0.1, 0.15) is 0 Å². The third kappa shape index (κ3) is 3.39. The first kappa shape index (κ1) is 13.7. The predicted octanol–water partition coefficient (Wildman–Crippen LogP) is 3.18. The number of benzene rings is 2. The highest BCUT2D eigenvalue weighted by Gasteiger charge is 2.13. The van der Waals surface area contributed by atoms with Gasteiger partial charge in [0.25, 0.3) is 10.0 Å². The predicted molar refractivity (Wildman–Crippen MR) is 78.2 cm³/mol. The number of anilines is 2. The maximum Gasteiger partial charge on any atom is 0.261 e. The smallest absolute Gasteiger partial charge is 0.261 e. The van der Waals surface area contributed by atoms with Gasteiger partial charge in [-0.3, -0.25) is 4.72 Å². The number of nitrogens with one attached hydrogen (secondary N) is 2. The van der Waals surface area contributed by atoms with Crippen LogP contribution in [-0.2, 0) is 10.0 Å². The second-order valence-corrected chi connectivity index (χ2v) is 6.01. The molecule has 0 aliphatic rings. The third-order valence-corrected chi connectivity index (χ3v) is 4.16. The van der Waals surface area contributed by atoms with E-state index in [9.17, 15) is 8.42 Å². The summed E-state index contributed by atoms with van der Waals surface area (Å²) in [5, 5.41) is 3.41. The third-order valence-electron chi connectivity index (χ3n) is 2.53. The summed E-state index contributed by atoms with van der Waals surface area (Å²) in [6.45, 7) is 0. The Hall–Kier alpha value is -1.72. The largest absolute Gasteiger partial charge is 0.388 e. The van der Waals surface area contributed by atoms with Crippen LogP contribution < -0.4 is 10.0 Å². The molecule has 19 heavy (non-hydrogen) atoms. The van der Waals surface area contributed by atoms with Crippen molar-refractivity contribution in [2.45, 2.75) is 4.90 Å². The monoisotopic (exact) mass is 296 g/mol. The molecule has 100 valence electrons. The molecule has 0 heterocycles. The molecule has 2 rings (SSSR count). The number of halogens is 1. The molecule has 0 unspecified atom stereocenters. The molecule has 0 spiro atoms. The lowest BCUT2D eigenvalue weighted by atomic mass is 10.3. The molecule has 6 heteroatoms. The van der Waals surface area contributed by atoms with Gasteiger partial charge in [0.15, 0.2) is 0 Å². The van der Waals surface area contributed by atoms with Crippen molar-refractivity contribution < 1.29 is 8.42 Å². The summed E-state index contributed by atoms with van der Waals surface area (Å²) < 4.78 is 26.8. The van der Waals surface area contributed by atoms with E-state index in [2.05, 4.69) is 10.0 Å². The fraction of sp³-hybridized carbons (Fsp3) is 0.0769. The fourth-order valence-corrected chi connectivity index (χ4v) is 2.81. The summed E-state index contributed by atoms with van der Waals surface area (Å²) in [4.78, 5) is 0.200. The summed E-state index contributed by atoms with van der Waals surface area (Å²) in [5.74, 6) is 0. The molecule has 0 saturated heterocycles. The molecule has 4 nitrogen and oxygen atoms in total. The molecule has 0 bridgehead atoms. The minimum absolute atomic E-state index is 0.200. The average molecular weight is 297 g/mol. The molecule has 0 aromatic heterocycles. The lowest BCUT2D eigenvalue weighted by Gasteiger charge is -2.09. The van der Waals surface area contributed by atoms with E-state index in [4.69, 9.17) is 11.6 Å². The van der Waals surface area contributed by atoms with Gasteiger partial charge in [-0.05, 0) is 42.5 Å². The van der Waals surface area contributed by atoms with Gasteiger partial charge in [-0.15, -0.1) is 0 Å². The van der Waals surface area contributed by atoms with Gasteiger partial charge in [-0.25, -0.2) is 8.42 Å². The number of hydrogen-bond acceptors (Lipinski definition) is 3. The van der Waals surface area contributed by atoms with E-state index in [1.165, 1.54) is 0 Å². The molecule has 2 N–H and O–H groups in total. The van der Waals surface area contributed by atoms with Crippen molar-refractivity contribution in [3.63, 3.8) is 0 Å². The van der Waals surface area contributed by atoms with Crippen molar-refractivity contribution in [1.82, 2.24) is 0 Å². The van der Waals surface area contributed by atoms with Gasteiger partial charge in [-0.1, -0.05) is 17.7 Å². The van der Waals surface area contributed by atoms with E-state index in [-0.39, 0.29) is 4.90 Å². The molecule has 0 aliphatic heterocycles. The number of rotatable bonds is 4. The average Bonchev–Trinajstić information content (AvgIpc) is 2.38. The van der Waals surface area contributed by atoms with Crippen LogP contribution >= 0.6 is 11.6 Å². The Labute approximate surface area is 117 Å². The van der Waals surface area contributed by atoms with Crippen LogP contribution in [0.4, 0.5) is 11.4 Å².